The Morgan fingerprint density at radius 1 is 0.250 bits per heavy atom. The van der Waals surface area contributed by atoms with E-state index in [0.29, 0.717) is 22.4 Å². The molecule has 316 valence electrons. The quantitative estimate of drug-likeness (QED) is 0.142. The number of hydrogen-bond donors (Lipinski definition) is 0. The fourth-order valence-corrected chi connectivity index (χ4v) is 9.42. The Kier molecular flexibility index (Phi) is 13.1. The zero-order chi connectivity index (χ0) is 53.6. The third kappa shape index (κ3) is 8.31. The molecule has 11 rings (SSSR count). The zero-order valence-electron chi connectivity index (χ0n) is 40.3. The van der Waals surface area contributed by atoms with E-state index in [9.17, 15) is 0 Å². The van der Waals surface area contributed by atoms with Gasteiger partial charge < -0.3 is 4.57 Å². The van der Waals surface area contributed by atoms with Crippen LogP contribution in [0.3, 0.4) is 0 Å². The van der Waals surface area contributed by atoms with Crippen molar-refractivity contribution < 1.29 is 0 Å². The fraction of sp³-hybridized carbons (Fsp3) is 0. The van der Waals surface area contributed by atoms with Gasteiger partial charge in [-0.2, -0.15) is 0 Å². The van der Waals surface area contributed by atoms with Crippen LogP contribution < -0.4 is 81.9 Å². The topological polar surface area (TPSA) is 82.3 Å². The summed E-state index contributed by atoms with van der Waals surface area (Å²) in [5.41, 5.74) is 5.52. The molecular weight excluding hydrogens is 909 g/mol. The second-order valence-corrected chi connectivity index (χ2v) is 18.0. The van der Waals surface area contributed by atoms with Gasteiger partial charge in [0.2, 0.25) is 0 Å². The van der Waals surface area contributed by atoms with Crippen LogP contribution in [0, 0.1) is 0 Å². The summed E-state index contributed by atoms with van der Waals surface area (Å²) in [5.74, 6) is 0.284. The first-order chi connectivity index (χ1) is 36.4. The lowest BCUT2D eigenvalue weighted by molar-refractivity contribution is 1.06. The lowest BCUT2D eigenvalue weighted by Crippen LogP contribution is -2.55. The molecule has 11 aromatic rings. The van der Waals surface area contributed by atoms with Crippen LogP contribution in [0.1, 0.15) is 0 Å². The van der Waals surface area contributed by atoms with Crippen molar-refractivity contribution in [2.45, 2.75) is 0 Å². The van der Waals surface area contributed by atoms with Crippen molar-refractivity contribution in [2.75, 3.05) is 0 Å². The highest BCUT2D eigenvalue weighted by molar-refractivity contribution is 6.71. The van der Waals surface area contributed by atoms with E-state index in [4.69, 9.17) is 148 Å². The molecule has 0 N–H and O–H groups in total. The average molecular weight is 929 g/mol. The Balaban J connectivity index is 1.27. The highest BCUT2D eigenvalue weighted by Crippen LogP contribution is 2.39. The summed E-state index contributed by atoms with van der Waals surface area (Å²) in [4.78, 5) is 30.0. The van der Waals surface area contributed by atoms with Crippen LogP contribution in [0.15, 0.2) is 121 Å². The molecule has 30 radical (unpaired) electrons. The minimum Gasteiger partial charge on any atom is -0.309 e. The molecule has 22 heteroatoms. The van der Waals surface area contributed by atoms with E-state index in [1.165, 1.54) is 0 Å². The van der Waals surface area contributed by atoms with E-state index in [1.54, 1.807) is 6.07 Å². The van der Waals surface area contributed by atoms with Gasteiger partial charge in [0.1, 0.15) is 118 Å². The molecule has 0 saturated carbocycles. The molecule has 0 saturated heterocycles. The number of fused-ring (bicyclic) bond motifs is 3. The van der Waals surface area contributed by atoms with Gasteiger partial charge >= 0.3 is 0 Å². The predicted octanol–water partition coefficient (Wildman–Crippen LogP) is -5.27. The second-order valence-electron chi connectivity index (χ2n) is 18.0. The first kappa shape index (κ1) is 50.7. The highest BCUT2D eigenvalue weighted by atomic mass is 15.1. The standard InChI is InChI=1S/C54H20B15N7/c55-34-31(35(56)41(62)46(67)40(34)61)52-71-49(22-11-5-2-6-12-22)70-50(72-52)24-16-18-30(76-28-14-8-7-13-25(28)26-19-23(15-17-29(26)76)21-9-3-1-4-10-21)27(20-24)51-73-53(32-36(57)42(63)47(68)43(64)37(32)58)75-54(74-51)33-38(59)44(65)48(69)45(66)39(33)60/h1-20H. The number of para-hydroxylation sites is 1. The van der Waals surface area contributed by atoms with Crippen LogP contribution in [0.2, 0.25) is 0 Å². The second kappa shape index (κ2) is 19.6. The molecule has 0 aliphatic heterocycles. The van der Waals surface area contributed by atoms with E-state index in [1.807, 2.05) is 78.9 Å². The van der Waals surface area contributed by atoms with Crippen LogP contribution in [0.25, 0.3) is 107 Å². The number of benzene rings is 8. The van der Waals surface area contributed by atoms with E-state index >= 15 is 0 Å². The summed E-state index contributed by atoms with van der Waals surface area (Å²) < 4.78 is 2.10. The van der Waals surface area contributed by atoms with E-state index < -0.39 is 0 Å². The summed E-state index contributed by atoms with van der Waals surface area (Å²) in [6.07, 6.45) is 0. The van der Waals surface area contributed by atoms with Gasteiger partial charge in [-0.05, 0) is 47.5 Å². The Morgan fingerprint density at radius 3 is 1.09 bits per heavy atom. The van der Waals surface area contributed by atoms with Gasteiger partial charge in [0.05, 0.1) is 16.7 Å². The van der Waals surface area contributed by atoms with E-state index in [0.717, 1.165) is 32.9 Å². The predicted molar refractivity (Wildman–Crippen MR) is 326 cm³/mol. The van der Waals surface area contributed by atoms with Gasteiger partial charge in [-0.25, -0.2) is 29.9 Å². The largest absolute Gasteiger partial charge is 0.309 e. The molecule has 0 aliphatic rings. The summed E-state index contributed by atoms with van der Waals surface area (Å²) >= 11 is 0. The molecule has 0 bridgehead atoms. The highest BCUT2D eigenvalue weighted by Gasteiger charge is 2.26. The molecular formula is C54H20B15N7. The van der Waals surface area contributed by atoms with Gasteiger partial charge in [0, 0.05) is 44.2 Å². The van der Waals surface area contributed by atoms with Crippen LogP contribution in [0.5, 0.6) is 0 Å². The molecule has 0 aliphatic carbocycles. The average Bonchev–Trinajstić information content (AvgIpc) is 3.78. The first-order valence-electron chi connectivity index (χ1n) is 23.3. The fourth-order valence-electron chi connectivity index (χ4n) is 9.42. The molecule has 0 atom stereocenters. The van der Waals surface area contributed by atoms with Gasteiger partial charge in [-0.3, -0.25) is 0 Å². The minimum atomic E-state index is -0.106. The lowest BCUT2D eigenvalue weighted by atomic mass is 9.60. The van der Waals surface area contributed by atoms with Crippen molar-refractivity contribution in [1.82, 2.24) is 34.5 Å². The van der Waals surface area contributed by atoms with Crippen LogP contribution in [-0.4, -0.2) is 152 Å². The Hall–Kier alpha value is -7.45. The molecule has 3 aromatic heterocycles. The molecule has 0 unspecified atom stereocenters. The molecule has 8 aromatic carbocycles. The van der Waals surface area contributed by atoms with Crippen LogP contribution in [-0.2, 0) is 0 Å². The van der Waals surface area contributed by atoms with Crippen LogP contribution in [0.4, 0.5) is 0 Å². The molecule has 3 heterocycles. The van der Waals surface area contributed by atoms with Crippen molar-refractivity contribution in [2.24, 2.45) is 0 Å². The lowest BCUT2D eigenvalue weighted by Gasteiger charge is -2.23. The van der Waals surface area contributed by atoms with Crippen molar-refractivity contribution in [3.8, 4) is 85.1 Å². The van der Waals surface area contributed by atoms with Crippen molar-refractivity contribution >= 4 is 221 Å². The van der Waals surface area contributed by atoms with Crippen molar-refractivity contribution in [3.05, 3.63) is 121 Å². The van der Waals surface area contributed by atoms with Gasteiger partial charge in [0.15, 0.2) is 34.9 Å². The van der Waals surface area contributed by atoms with Crippen molar-refractivity contribution in [1.29, 1.82) is 0 Å². The number of nitrogens with zero attached hydrogens (tertiary/aromatic N) is 7. The van der Waals surface area contributed by atoms with Gasteiger partial charge in [-0.1, -0.05) is 118 Å². The normalized spacial score (nSPS) is 11.4. The summed E-state index contributed by atoms with van der Waals surface area (Å²) in [7, 11) is 97.7. The summed E-state index contributed by atoms with van der Waals surface area (Å²) in [5, 5.41) is 1.91. The third-order valence-corrected chi connectivity index (χ3v) is 13.6. The maximum absolute atomic E-state index is 6.73. The minimum absolute atomic E-state index is 0.0110. The maximum Gasteiger partial charge on any atom is 0.166 e. The monoisotopic (exact) mass is 931 g/mol. The molecule has 0 spiro atoms. The van der Waals surface area contributed by atoms with Crippen molar-refractivity contribution in [3.63, 3.8) is 0 Å². The number of aromatic nitrogens is 7. The van der Waals surface area contributed by atoms with E-state index in [2.05, 4.69) is 41.0 Å². The summed E-state index contributed by atoms with van der Waals surface area (Å²) in [6, 6.07) is 39.2. The Bertz CT molecular complexity index is 4080. The Labute approximate surface area is 459 Å². The van der Waals surface area contributed by atoms with Gasteiger partial charge in [-0.15, -0.1) is 49.2 Å². The first-order valence-corrected chi connectivity index (χ1v) is 23.3. The molecule has 76 heavy (non-hydrogen) atoms. The van der Waals surface area contributed by atoms with Crippen LogP contribution >= 0.6 is 0 Å². The number of rotatable bonds is 8. The van der Waals surface area contributed by atoms with E-state index in [-0.39, 0.29) is 134 Å². The maximum atomic E-state index is 6.73. The molecule has 7 nitrogen and oxygen atoms in total. The molecule has 0 fully saturated rings. The molecule has 0 amide bonds. The third-order valence-electron chi connectivity index (χ3n) is 13.6. The Morgan fingerprint density at radius 2 is 0.605 bits per heavy atom. The summed E-state index contributed by atoms with van der Waals surface area (Å²) in [6.45, 7) is 0. The zero-order valence-corrected chi connectivity index (χ0v) is 40.3. The number of hydrogen-bond acceptors (Lipinski definition) is 6. The SMILES string of the molecule is [B]c1c([B])c([B])c(-c2nc(-c3ccccc3)nc(-c3ccc(-n4c5ccccc5c5cc(-c6ccccc6)ccc54)c(-c4nc(-c5c([B])c([B])c([B])c([B])c5[B])nc(-c5c([B])c([B])c([B])c([B])c5[B])n4)c3)n2)c([B])c1[B]. The smallest absolute Gasteiger partial charge is 0.166 e. The van der Waals surface area contributed by atoms with Gasteiger partial charge in [0.25, 0.3) is 0 Å².